The van der Waals surface area contributed by atoms with Crippen LogP contribution in [0.5, 0.6) is 0 Å². The lowest BCUT2D eigenvalue weighted by Crippen LogP contribution is -2.46. The third-order valence-corrected chi connectivity index (χ3v) is 8.01. The van der Waals surface area contributed by atoms with Crippen LogP contribution in [0.25, 0.3) is 6.08 Å². The maximum Gasteiger partial charge on any atom is 0.309 e. The second kappa shape index (κ2) is 13.6. The molecule has 0 bridgehead atoms. The number of aliphatic hydroxyl groups is 2. The predicted molar refractivity (Wildman–Crippen MR) is 140 cm³/mol. The molecule has 5 atom stereocenters. The fourth-order valence-electron chi connectivity index (χ4n) is 4.46. The highest BCUT2D eigenvalue weighted by molar-refractivity contribution is 7.09. The third-order valence-electron chi connectivity index (χ3n) is 7.12. The van der Waals surface area contributed by atoms with E-state index < -0.39 is 47.9 Å². The second-order valence-electron chi connectivity index (χ2n) is 10.3. The number of cyclic esters (lactones) is 1. The Bertz CT molecular complexity index is 958. The number of esters is 1. The van der Waals surface area contributed by atoms with E-state index in [-0.39, 0.29) is 24.7 Å². The van der Waals surface area contributed by atoms with Crippen LogP contribution in [0.4, 0.5) is 4.39 Å². The summed E-state index contributed by atoms with van der Waals surface area (Å²) in [4.78, 5) is 30.3. The molecule has 0 saturated heterocycles. The number of nitrogens with zero attached hydrogens (tertiary/aromatic N) is 1. The molecule has 4 N–H and O–H groups in total. The van der Waals surface area contributed by atoms with Gasteiger partial charge in [-0.25, -0.2) is 9.37 Å². The van der Waals surface area contributed by atoms with Gasteiger partial charge in [0.15, 0.2) is 6.10 Å². The van der Waals surface area contributed by atoms with E-state index in [2.05, 4.69) is 4.98 Å². The SMILES string of the molecule is CC[C@H]1C(=O)C(C)(C)[C@@H](O)CC(=O)O[C@H](/C(F)=C/c2csc(CN)n2)C/C=C(/C)CCC[C@H](C)[C@@H]1O. The quantitative estimate of drug-likeness (QED) is 0.385. The molecule has 7 nitrogen and oxygen atoms in total. The highest BCUT2D eigenvalue weighted by Gasteiger charge is 2.43. The number of nitrogens with two attached hydrogens (primary N) is 1. The standard InChI is InChI=1S/C27H41FN2O5S/c1-6-19-25(33)17(3)9-7-8-16(2)10-11-21(20(28)12-18-15-36-23(14-29)30-18)35-24(32)13-22(31)27(4,5)26(19)34/h10,12,15,17,19,21-22,25,31,33H,6-9,11,13-14,29H2,1-5H3/b16-10-,20-12-/t17-,19+,21-,22-,25-/m0/s1. The molecule has 0 amide bonds. The molecule has 0 unspecified atom stereocenters. The van der Waals surface area contributed by atoms with Crippen molar-refractivity contribution < 1.29 is 28.9 Å². The third kappa shape index (κ3) is 8.03. The maximum atomic E-state index is 15.2. The number of halogens is 1. The number of aromatic nitrogens is 1. The highest BCUT2D eigenvalue weighted by atomic mass is 32.1. The molecule has 0 radical (unpaired) electrons. The summed E-state index contributed by atoms with van der Waals surface area (Å²) in [7, 11) is 0. The Morgan fingerprint density at radius 1 is 1.36 bits per heavy atom. The fraction of sp³-hybridized carbons (Fsp3) is 0.667. The smallest absolute Gasteiger partial charge is 0.309 e. The van der Waals surface area contributed by atoms with Crippen LogP contribution >= 0.6 is 11.3 Å². The molecule has 0 spiro atoms. The molecule has 0 fully saturated rings. The lowest BCUT2D eigenvalue weighted by atomic mass is 9.71. The van der Waals surface area contributed by atoms with Crippen molar-refractivity contribution in [3.63, 3.8) is 0 Å². The van der Waals surface area contributed by atoms with Gasteiger partial charge < -0.3 is 20.7 Å². The molecule has 1 aromatic rings. The van der Waals surface area contributed by atoms with E-state index in [4.69, 9.17) is 10.5 Å². The molecule has 0 aromatic carbocycles. The van der Waals surface area contributed by atoms with Gasteiger partial charge in [-0.3, -0.25) is 9.59 Å². The summed E-state index contributed by atoms with van der Waals surface area (Å²) in [6.07, 6.45) is 2.04. The number of hydrogen-bond acceptors (Lipinski definition) is 8. The molecule has 1 aliphatic heterocycles. The Morgan fingerprint density at radius 2 is 2.06 bits per heavy atom. The van der Waals surface area contributed by atoms with Crippen molar-refractivity contribution in [3.05, 3.63) is 33.6 Å². The van der Waals surface area contributed by atoms with Crippen LogP contribution in [0.15, 0.2) is 22.9 Å². The number of rotatable bonds is 4. The summed E-state index contributed by atoms with van der Waals surface area (Å²) in [5.41, 5.74) is 5.70. The van der Waals surface area contributed by atoms with Crippen LogP contribution in [0.1, 0.15) is 83.8 Å². The van der Waals surface area contributed by atoms with Gasteiger partial charge in [0.25, 0.3) is 0 Å². The Hall–Kier alpha value is -1.94. The largest absolute Gasteiger partial charge is 0.455 e. The summed E-state index contributed by atoms with van der Waals surface area (Å²) in [6.45, 7) is 9.08. The number of ketones is 1. The van der Waals surface area contributed by atoms with E-state index in [1.54, 1.807) is 19.2 Å². The molecule has 9 heteroatoms. The van der Waals surface area contributed by atoms with E-state index in [0.29, 0.717) is 17.1 Å². The number of carbonyl (C=O) groups excluding carboxylic acids is 2. The minimum absolute atomic E-state index is 0.109. The molecule has 1 aliphatic rings. The summed E-state index contributed by atoms with van der Waals surface area (Å²) >= 11 is 1.32. The van der Waals surface area contributed by atoms with Crippen LogP contribution in [-0.4, -0.2) is 45.3 Å². The van der Waals surface area contributed by atoms with Crippen molar-refractivity contribution in [3.8, 4) is 0 Å². The van der Waals surface area contributed by atoms with Crippen molar-refractivity contribution in [2.45, 2.75) is 98.0 Å². The number of carbonyl (C=O) groups is 2. The zero-order valence-corrected chi connectivity index (χ0v) is 22.8. The van der Waals surface area contributed by atoms with Crippen LogP contribution in [-0.2, 0) is 20.9 Å². The number of ether oxygens (including phenoxy) is 1. The molecule has 2 rings (SSSR count). The minimum atomic E-state index is -1.35. The van der Waals surface area contributed by atoms with Gasteiger partial charge in [-0.15, -0.1) is 11.3 Å². The number of hydrogen-bond donors (Lipinski definition) is 3. The van der Waals surface area contributed by atoms with Crippen LogP contribution < -0.4 is 5.73 Å². The predicted octanol–water partition coefficient (Wildman–Crippen LogP) is 4.71. The monoisotopic (exact) mass is 524 g/mol. The lowest BCUT2D eigenvalue weighted by Gasteiger charge is -2.35. The van der Waals surface area contributed by atoms with Crippen molar-refractivity contribution in [1.29, 1.82) is 0 Å². The normalized spacial score (nSPS) is 31.0. The zero-order chi connectivity index (χ0) is 27.0. The molecule has 36 heavy (non-hydrogen) atoms. The molecule has 1 aromatic heterocycles. The van der Waals surface area contributed by atoms with E-state index >= 15 is 4.39 Å². The Morgan fingerprint density at radius 3 is 2.67 bits per heavy atom. The van der Waals surface area contributed by atoms with Gasteiger partial charge in [-0.2, -0.15) is 0 Å². The van der Waals surface area contributed by atoms with Gasteiger partial charge in [-0.05, 0) is 38.5 Å². The highest BCUT2D eigenvalue weighted by Crippen LogP contribution is 2.34. The number of thiazole rings is 1. The van der Waals surface area contributed by atoms with Gasteiger partial charge in [-0.1, -0.05) is 39.3 Å². The average molecular weight is 525 g/mol. The first-order valence-corrected chi connectivity index (χ1v) is 13.6. The second-order valence-corrected chi connectivity index (χ2v) is 11.3. The summed E-state index contributed by atoms with van der Waals surface area (Å²) in [5, 5.41) is 24.1. The van der Waals surface area contributed by atoms with E-state index in [9.17, 15) is 19.8 Å². The Labute approximate surface area is 217 Å². The molecular weight excluding hydrogens is 483 g/mol. The number of aliphatic hydroxyl groups excluding tert-OH is 2. The van der Waals surface area contributed by atoms with Crippen molar-refractivity contribution in [1.82, 2.24) is 4.98 Å². The van der Waals surface area contributed by atoms with E-state index in [1.807, 2.05) is 26.8 Å². The lowest BCUT2D eigenvalue weighted by molar-refractivity contribution is -0.155. The van der Waals surface area contributed by atoms with E-state index in [0.717, 1.165) is 24.8 Å². The first kappa shape index (κ1) is 30.3. The molecule has 2 heterocycles. The van der Waals surface area contributed by atoms with Crippen molar-refractivity contribution >= 4 is 29.2 Å². The summed E-state index contributed by atoms with van der Waals surface area (Å²) in [5.74, 6) is -2.53. The Balaban J connectivity index is 2.35. The Kier molecular flexibility index (Phi) is 11.4. The molecule has 0 aliphatic carbocycles. The van der Waals surface area contributed by atoms with Crippen LogP contribution in [0.2, 0.25) is 0 Å². The molecule has 0 saturated carbocycles. The van der Waals surface area contributed by atoms with Crippen molar-refractivity contribution in [2.75, 3.05) is 0 Å². The molecule has 202 valence electrons. The van der Waals surface area contributed by atoms with Crippen LogP contribution in [0, 0.1) is 17.3 Å². The van der Waals surface area contributed by atoms with E-state index in [1.165, 1.54) is 17.4 Å². The zero-order valence-electron chi connectivity index (χ0n) is 22.0. The maximum absolute atomic E-state index is 15.2. The van der Waals surface area contributed by atoms with Gasteiger partial charge in [0, 0.05) is 30.3 Å². The number of allylic oxidation sites excluding steroid dienone is 1. The topological polar surface area (TPSA) is 123 Å². The fourth-order valence-corrected chi connectivity index (χ4v) is 5.09. The number of Topliss-reactive ketones (excluding diaryl/α,β-unsaturated/α-hetero) is 1. The summed E-state index contributed by atoms with van der Waals surface area (Å²) in [6, 6.07) is 0. The summed E-state index contributed by atoms with van der Waals surface area (Å²) < 4.78 is 20.7. The van der Waals surface area contributed by atoms with Crippen molar-refractivity contribution in [2.24, 2.45) is 23.0 Å². The minimum Gasteiger partial charge on any atom is -0.455 e. The first-order valence-electron chi connectivity index (χ1n) is 12.7. The average Bonchev–Trinajstić information content (AvgIpc) is 3.28. The van der Waals surface area contributed by atoms with Gasteiger partial charge in [0.2, 0.25) is 0 Å². The van der Waals surface area contributed by atoms with Gasteiger partial charge in [0.1, 0.15) is 16.6 Å². The van der Waals surface area contributed by atoms with Crippen LogP contribution in [0.3, 0.4) is 0 Å². The first-order chi connectivity index (χ1) is 16.9. The van der Waals surface area contributed by atoms with Gasteiger partial charge >= 0.3 is 5.97 Å². The molecular formula is C27H41FN2O5S. The van der Waals surface area contributed by atoms with Gasteiger partial charge in [0.05, 0.1) is 29.7 Å².